The molecule has 2 atom stereocenters. The fourth-order valence-electron chi connectivity index (χ4n) is 5.51. The second-order valence-electron chi connectivity index (χ2n) is 11.5. The van der Waals surface area contributed by atoms with Crippen molar-refractivity contribution in [1.29, 1.82) is 0 Å². The first-order valence-electron chi connectivity index (χ1n) is 14.1. The summed E-state index contributed by atoms with van der Waals surface area (Å²) in [5, 5.41) is 19.7. The molecule has 0 saturated carbocycles. The van der Waals surface area contributed by atoms with Gasteiger partial charge in [-0.25, -0.2) is 8.42 Å². The van der Waals surface area contributed by atoms with Gasteiger partial charge in [0, 0.05) is 23.8 Å². The van der Waals surface area contributed by atoms with Crippen LogP contribution in [0.1, 0.15) is 68.9 Å². The van der Waals surface area contributed by atoms with Gasteiger partial charge in [0.05, 0.1) is 18.1 Å². The molecule has 3 rings (SSSR count). The van der Waals surface area contributed by atoms with E-state index in [0.717, 1.165) is 36.9 Å². The number of unbranched alkanes of at least 4 members (excludes halogenated alkanes) is 2. The summed E-state index contributed by atoms with van der Waals surface area (Å²) in [4.78, 5) is 2.09. The normalized spacial score (nSPS) is 19.5. The molecule has 0 spiro atoms. The first kappa shape index (κ1) is 33.9. The van der Waals surface area contributed by atoms with E-state index < -0.39 is 40.5 Å². The van der Waals surface area contributed by atoms with Crippen LogP contribution < -0.4 is 4.74 Å². The number of fused-ring (bicyclic) bond motifs is 1. The molecule has 0 saturated heterocycles. The lowest BCUT2D eigenvalue weighted by atomic mass is 9.66. The molecule has 0 aromatic heterocycles. The molecule has 2 unspecified atom stereocenters. The predicted molar refractivity (Wildman–Crippen MR) is 151 cm³/mol. The smallest absolute Gasteiger partial charge is 0.453 e. The van der Waals surface area contributed by atoms with Gasteiger partial charge in [-0.2, -0.15) is 22.0 Å². The van der Waals surface area contributed by atoms with Gasteiger partial charge in [-0.1, -0.05) is 31.5 Å². The van der Waals surface area contributed by atoms with Gasteiger partial charge in [0.15, 0.2) is 0 Å². The quantitative estimate of drug-likeness (QED) is 0.168. The molecule has 2 aromatic carbocycles. The van der Waals surface area contributed by atoms with Crippen molar-refractivity contribution in [1.82, 2.24) is 4.90 Å². The molecule has 6 nitrogen and oxygen atoms in total. The first-order valence-corrected chi connectivity index (χ1v) is 15.9. The number of aromatic hydroxyl groups is 2. The maximum absolute atomic E-state index is 13.0. The molecular weight excluding hydrogens is 581 g/mol. The highest BCUT2D eigenvalue weighted by Crippen LogP contribution is 2.49. The van der Waals surface area contributed by atoms with Crippen molar-refractivity contribution in [3.8, 4) is 17.2 Å². The van der Waals surface area contributed by atoms with Crippen LogP contribution in [0.2, 0.25) is 0 Å². The van der Waals surface area contributed by atoms with E-state index in [1.54, 1.807) is 24.3 Å². The van der Waals surface area contributed by atoms with Gasteiger partial charge in [0.1, 0.15) is 27.1 Å². The van der Waals surface area contributed by atoms with E-state index in [9.17, 15) is 40.6 Å². The number of hydrogen-bond donors (Lipinski definition) is 2. The number of hydrogen-bond acceptors (Lipinski definition) is 6. The van der Waals surface area contributed by atoms with Crippen molar-refractivity contribution in [3.63, 3.8) is 0 Å². The second kappa shape index (κ2) is 13.8. The molecule has 1 aliphatic rings. The molecule has 2 aromatic rings. The first-order chi connectivity index (χ1) is 19.5. The Morgan fingerprint density at radius 3 is 2.14 bits per heavy atom. The zero-order valence-corrected chi connectivity index (χ0v) is 24.8. The summed E-state index contributed by atoms with van der Waals surface area (Å²) in [6.45, 7) is 3.97. The minimum atomic E-state index is -5.67. The Labute approximate surface area is 244 Å². The van der Waals surface area contributed by atoms with E-state index in [4.69, 9.17) is 4.74 Å². The lowest BCUT2D eigenvalue weighted by Crippen LogP contribution is -2.40. The van der Waals surface area contributed by atoms with Crippen molar-refractivity contribution < 1.29 is 45.3 Å². The second-order valence-corrected chi connectivity index (χ2v) is 13.8. The highest BCUT2D eigenvalue weighted by Gasteiger charge is 2.56. The molecule has 0 fully saturated rings. The Balaban J connectivity index is 1.45. The van der Waals surface area contributed by atoms with Gasteiger partial charge in [-0.05, 0) is 81.6 Å². The highest BCUT2D eigenvalue weighted by molar-refractivity contribution is 7.91. The molecule has 42 heavy (non-hydrogen) atoms. The van der Waals surface area contributed by atoms with Gasteiger partial charge in [0.2, 0.25) is 0 Å². The van der Waals surface area contributed by atoms with Crippen LogP contribution >= 0.6 is 0 Å². The van der Waals surface area contributed by atoms with Crippen molar-refractivity contribution in [3.05, 3.63) is 53.6 Å². The van der Waals surface area contributed by atoms with Crippen LogP contribution in [0.3, 0.4) is 0 Å². The molecule has 0 aliphatic carbocycles. The molecular formula is C30H40F5NO5S. The van der Waals surface area contributed by atoms with Crippen molar-refractivity contribution in [2.45, 2.75) is 75.3 Å². The molecule has 2 N–H and O–H groups in total. The van der Waals surface area contributed by atoms with Gasteiger partial charge < -0.3 is 19.8 Å². The summed E-state index contributed by atoms with van der Waals surface area (Å²) in [5.74, 6) is -4.72. The third-order valence-corrected chi connectivity index (χ3v) is 9.91. The predicted octanol–water partition coefficient (Wildman–Crippen LogP) is 6.81. The summed E-state index contributed by atoms with van der Waals surface area (Å²) < 4.78 is 92.9. The Bertz CT molecular complexity index is 1270. The van der Waals surface area contributed by atoms with E-state index in [1.165, 1.54) is 0 Å². The fraction of sp³-hybridized carbons (Fsp3) is 0.600. The topological polar surface area (TPSA) is 87.1 Å². The lowest BCUT2D eigenvalue weighted by molar-refractivity contribution is -0.284. The average molecular weight is 622 g/mol. The van der Waals surface area contributed by atoms with Crippen molar-refractivity contribution in [2.75, 3.05) is 38.2 Å². The van der Waals surface area contributed by atoms with Crippen LogP contribution in [0.5, 0.6) is 17.2 Å². The molecule has 0 amide bonds. The van der Waals surface area contributed by atoms with Crippen LogP contribution in [-0.4, -0.2) is 73.9 Å². The Morgan fingerprint density at radius 2 is 1.50 bits per heavy atom. The molecule has 1 heterocycles. The number of alkyl halides is 5. The zero-order chi connectivity index (χ0) is 31.2. The van der Waals surface area contributed by atoms with Gasteiger partial charge >= 0.3 is 12.1 Å². The van der Waals surface area contributed by atoms with E-state index in [2.05, 4.69) is 11.8 Å². The van der Waals surface area contributed by atoms with Gasteiger partial charge in [-0.3, -0.25) is 0 Å². The summed E-state index contributed by atoms with van der Waals surface area (Å²) in [6.07, 6.45) is -4.43. The minimum Gasteiger partial charge on any atom is -0.508 e. The summed E-state index contributed by atoms with van der Waals surface area (Å²) in [7, 11) is -1.77. The standard InChI is InChI=1S/C30H40F5NO5S/c1-28(22-9-11-23(37)12-10-22)21-41-27-20-24(38)13-14-25(27)26(28)8-3-4-16-36(2)17-5-6-18-42(39,40)19-7-15-29(31,32)30(33,34)35/h9-14,20,26,37-38H,3-8,15-19,21H2,1-2H3. The average Bonchev–Trinajstić information content (AvgIpc) is 2.89. The van der Waals surface area contributed by atoms with Crippen molar-refractivity contribution in [2.24, 2.45) is 0 Å². The fourth-order valence-corrected chi connectivity index (χ4v) is 6.94. The van der Waals surface area contributed by atoms with E-state index >= 15 is 0 Å². The van der Waals surface area contributed by atoms with Crippen LogP contribution in [0.15, 0.2) is 42.5 Å². The molecule has 12 heteroatoms. The number of rotatable bonds is 15. The number of phenolic OH excluding ortho intramolecular Hbond substituents is 2. The highest BCUT2D eigenvalue weighted by atomic mass is 32.2. The Morgan fingerprint density at radius 1 is 0.905 bits per heavy atom. The number of sulfone groups is 1. The Kier molecular flexibility index (Phi) is 11.1. The lowest BCUT2D eigenvalue weighted by Gasteiger charge is -2.43. The monoisotopic (exact) mass is 621 g/mol. The number of phenols is 2. The molecule has 0 radical (unpaired) electrons. The van der Waals surface area contributed by atoms with Crippen LogP contribution in [0, 0.1) is 0 Å². The number of benzene rings is 2. The SMILES string of the molecule is CN(CCCCC1c2ccc(O)cc2OCC1(C)c1ccc(O)cc1)CCCCS(=O)(=O)CCCC(F)(F)C(F)(F)F. The largest absolute Gasteiger partial charge is 0.508 e. The molecule has 0 bridgehead atoms. The summed E-state index contributed by atoms with van der Waals surface area (Å²) in [5.41, 5.74) is 1.72. The third-order valence-electron chi connectivity index (χ3n) is 8.08. The van der Waals surface area contributed by atoms with Crippen molar-refractivity contribution >= 4 is 9.84 Å². The van der Waals surface area contributed by atoms with E-state index in [1.807, 2.05) is 25.2 Å². The van der Waals surface area contributed by atoms with E-state index in [-0.39, 0.29) is 28.6 Å². The maximum Gasteiger partial charge on any atom is 0.453 e. The molecule has 1 aliphatic heterocycles. The summed E-state index contributed by atoms with van der Waals surface area (Å²) in [6, 6.07) is 12.3. The number of halogens is 5. The number of ether oxygens (including phenoxy) is 1. The van der Waals surface area contributed by atoms with Crippen LogP contribution in [0.4, 0.5) is 22.0 Å². The maximum atomic E-state index is 13.0. The third kappa shape index (κ3) is 8.95. The number of nitrogens with zero attached hydrogens (tertiary/aromatic N) is 1. The minimum absolute atomic E-state index is 0.109. The van der Waals surface area contributed by atoms with Crippen LogP contribution in [-0.2, 0) is 15.3 Å². The molecule has 236 valence electrons. The van der Waals surface area contributed by atoms with Gasteiger partial charge in [0.25, 0.3) is 0 Å². The van der Waals surface area contributed by atoms with E-state index in [0.29, 0.717) is 31.7 Å². The van der Waals surface area contributed by atoms with Gasteiger partial charge in [-0.15, -0.1) is 0 Å². The van der Waals surface area contributed by atoms with Crippen LogP contribution in [0.25, 0.3) is 0 Å². The summed E-state index contributed by atoms with van der Waals surface area (Å²) >= 11 is 0. The zero-order valence-electron chi connectivity index (χ0n) is 24.0. The Hall–Kier alpha value is -2.60.